The Balaban J connectivity index is 1.43. The van der Waals surface area contributed by atoms with E-state index in [1.807, 2.05) is 19.2 Å². The van der Waals surface area contributed by atoms with Gasteiger partial charge in [0.1, 0.15) is 5.82 Å². The van der Waals surface area contributed by atoms with Gasteiger partial charge in [-0.25, -0.2) is 4.39 Å². The number of anilines is 1. The SMILES string of the molecule is CC1CCC1N(C)c1cnc2c(C(=O)Cc3cnccc3[C@@H]3C[C@H](C)C[C@H](N)C3)ccc(F)c2c1. The molecule has 5 nitrogen and oxygen atoms in total. The van der Waals surface area contributed by atoms with Crippen molar-refractivity contribution in [3.05, 3.63) is 65.4 Å². The maximum Gasteiger partial charge on any atom is 0.169 e. The van der Waals surface area contributed by atoms with Gasteiger partial charge in [-0.3, -0.25) is 14.8 Å². The van der Waals surface area contributed by atoms with Gasteiger partial charge in [0.2, 0.25) is 0 Å². The molecule has 1 aromatic carbocycles. The van der Waals surface area contributed by atoms with Crippen molar-refractivity contribution in [3.8, 4) is 0 Å². The van der Waals surface area contributed by atoms with Crippen molar-refractivity contribution in [2.75, 3.05) is 11.9 Å². The number of carbonyl (C=O) groups is 1. The van der Waals surface area contributed by atoms with Crippen LogP contribution in [-0.4, -0.2) is 34.9 Å². The van der Waals surface area contributed by atoms with Crippen LogP contribution in [0.5, 0.6) is 0 Å². The van der Waals surface area contributed by atoms with E-state index in [0.29, 0.717) is 40.3 Å². The number of Topliss-reactive ketones (excluding diaryl/α,β-unsaturated/α-hetero) is 1. The fourth-order valence-corrected chi connectivity index (χ4v) is 6.17. The lowest BCUT2D eigenvalue weighted by Crippen LogP contribution is -2.43. The predicted octanol–water partition coefficient (Wildman–Crippen LogP) is 5.66. The first-order valence-corrected chi connectivity index (χ1v) is 12.8. The zero-order valence-electron chi connectivity index (χ0n) is 20.9. The van der Waals surface area contributed by atoms with Crippen LogP contribution in [0.1, 0.15) is 73.4 Å². The van der Waals surface area contributed by atoms with Crippen LogP contribution in [0.2, 0.25) is 0 Å². The third kappa shape index (κ3) is 4.68. The average molecular weight is 475 g/mol. The Morgan fingerprint density at radius 2 is 1.97 bits per heavy atom. The number of carbonyl (C=O) groups excluding carboxylic acids is 1. The Morgan fingerprint density at radius 3 is 2.69 bits per heavy atom. The second-order valence-corrected chi connectivity index (χ2v) is 10.9. The lowest BCUT2D eigenvalue weighted by molar-refractivity contribution is 0.0994. The number of ketones is 1. The molecular weight excluding hydrogens is 439 g/mol. The minimum absolute atomic E-state index is 0.0707. The lowest BCUT2D eigenvalue weighted by Gasteiger charge is -2.42. The predicted molar refractivity (Wildman–Crippen MR) is 138 cm³/mol. The first-order valence-electron chi connectivity index (χ1n) is 12.8. The van der Waals surface area contributed by atoms with Crippen LogP contribution in [0.3, 0.4) is 0 Å². The summed E-state index contributed by atoms with van der Waals surface area (Å²) in [6.45, 7) is 4.48. The second-order valence-electron chi connectivity index (χ2n) is 10.9. The molecule has 35 heavy (non-hydrogen) atoms. The fourth-order valence-electron chi connectivity index (χ4n) is 6.17. The van der Waals surface area contributed by atoms with E-state index < -0.39 is 0 Å². The average Bonchev–Trinajstić information content (AvgIpc) is 2.82. The van der Waals surface area contributed by atoms with Crippen molar-refractivity contribution < 1.29 is 9.18 Å². The van der Waals surface area contributed by atoms with Crippen LogP contribution in [0.4, 0.5) is 10.1 Å². The highest BCUT2D eigenvalue weighted by Gasteiger charge is 2.31. The molecule has 184 valence electrons. The summed E-state index contributed by atoms with van der Waals surface area (Å²) in [7, 11) is 2.04. The van der Waals surface area contributed by atoms with Crippen LogP contribution in [-0.2, 0) is 6.42 Å². The summed E-state index contributed by atoms with van der Waals surface area (Å²) in [5.41, 5.74) is 10.2. The summed E-state index contributed by atoms with van der Waals surface area (Å²) >= 11 is 0. The van der Waals surface area contributed by atoms with Crippen molar-refractivity contribution in [1.82, 2.24) is 9.97 Å². The maximum atomic E-state index is 14.9. The minimum atomic E-state index is -0.354. The number of fused-ring (bicyclic) bond motifs is 1. The molecule has 2 aromatic heterocycles. The first kappa shape index (κ1) is 23.9. The van der Waals surface area contributed by atoms with Crippen LogP contribution in [0.15, 0.2) is 42.9 Å². The molecule has 0 amide bonds. The molecule has 2 unspecified atom stereocenters. The molecule has 2 heterocycles. The van der Waals surface area contributed by atoms with E-state index >= 15 is 0 Å². The number of halogens is 1. The van der Waals surface area contributed by atoms with Crippen LogP contribution in [0.25, 0.3) is 10.9 Å². The monoisotopic (exact) mass is 474 g/mol. The van der Waals surface area contributed by atoms with E-state index in [0.717, 1.165) is 42.5 Å². The summed E-state index contributed by atoms with van der Waals surface area (Å²) in [5, 5.41) is 0.394. The van der Waals surface area contributed by atoms with E-state index in [-0.39, 0.29) is 24.1 Å². The van der Waals surface area contributed by atoms with E-state index in [2.05, 4.69) is 28.7 Å². The highest BCUT2D eigenvalue weighted by molar-refractivity contribution is 6.08. The quantitative estimate of drug-likeness (QED) is 0.467. The van der Waals surface area contributed by atoms with Gasteiger partial charge >= 0.3 is 0 Å². The van der Waals surface area contributed by atoms with Crippen molar-refractivity contribution in [2.24, 2.45) is 17.6 Å². The molecule has 2 aliphatic carbocycles. The smallest absolute Gasteiger partial charge is 0.169 e. The van der Waals surface area contributed by atoms with Gasteiger partial charge in [-0.1, -0.05) is 13.8 Å². The molecule has 0 aliphatic heterocycles. The topological polar surface area (TPSA) is 72.1 Å². The Morgan fingerprint density at radius 1 is 1.14 bits per heavy atom. The number of nitrogens with zero attached hydrogens (tertiary/aromatic N) is 3. The van der Waals surface area contributed by atoms with Crippen molar-refractivity contribution in [3.63, 3.8) is 0 Å². The summed E-state index contributed by atoms with van der Waals surface area (Å²) in [5.74, 6) is 1.08. The molecule has 2 saturated carbocycles. The van der Waals surface area contributed by atoms with Crippen LogP contribution >= 0.6 is 0 Å². The molecule has 6 heteroatoms. The molecular formula is C29H35FN4O. The third-order valence-corrected chi connectivity index (χ3v) is 8.27. The number of hydrogen-bond donors (Lipinski definition) is 1. The van der Waals surface area contributed by atoms with Gasteiger partial charge in [0.05, 0.1) is 17.4 Å². The maximum absolute atomic E-state index is 14.9. The number of nitrogens with two attached hydrogens (primary N) is 1. The van der Waals surface area contributed by atoms with Gasteiger partial charge < -0.3 is 10.6 Å². The first-order chi connectivity index (χ1) is 16.8. The number of pyridine rings is 2. The van der Waals surface area contributed by atoms with Crippen molar-refractivity contribution in [2.45, 2.75) is 70.4 Å². The van der Waals surface area contributed by atoms with Gasteiger partial charge in [-0.15, -0.1) is 0 Å². The van der Waals surface area contributed by atoms with E-state index in [9.17, 15) is 9.18 Å². The van der Waals surface area contributed by atoms with Gasteiger partial charge in [-0.05, 0) is 85.3 Å². The Kier molecular flexibility index (Phi) is 6.58. The molecule has 0 radical (unpaired) electrons. The molecule has 2 aliphatic rings. The normalized spacial score (nSPS) is 26.4. The molecule has 5 rings (SSSR count). The molecule has 2 fully saturated rings. The van der Waals surface area contributed by atoms with Gasteiger partial charge in [0, 0.05) is 48.9 Å². The molecule has 2 N–H and O–H groups in total. The largest absolute Gasteiger partial charge is 0.370 e. The number of aromatic nitrogens is 2. The van der Waals surface area contributed by atoms with E-state index in [1.54, 1.807) is 24.7 Å². The Hall–Kier alpha value is -2.86. The minimum Gasteiger partial charge on any atom is -0.370 e. The Bertz CT molecular complexity index is 1230. The summed E-state index contributed by atoms with van der Waals surface area (Å²) in [6.07, 6.45) is 11.0. The lowest BCUT2D eigenvalue weighted by atomic mass is 9.75. The number of rotatable bonds is 6. The van der Waals surface area contributed by atoms with Crippen LogP contribution in [0, 0.1) is 17.7 Å². The molecule has 0 spiro atoms. The third-order valence-electron chi connectivity index (χ3n) is 8.27. The number of hydrogen-bond acceptors (Lipinski definition) is 5. The van der Waals surface area contributed by atoms with E-state index in [4.69, 9.17) is 5.73 Å². The van der Waals surface area contributed by atoms with Gasteiger partial charge in [0.15, 0.2) is 5.78 Å². The molecule has 5 atom stereocenters. The summed E-state index contributed by atoms with van der Waals surface area (Å²) < 4.78 is 14.9. The molecule has 0 bridgehead atoms. The highest BCUT2D eigenvalue weighted by atomic mass is 19.1. The standard InChI is InChI=1S/C29H35FN4O/c1-17-10-19(12-21(31)11-17)23-8-9-32-15-20(23)13-28(35)24-5-6-26(30)25-14-22(16-33-29(24)25)34(3)27-7-4-18(27)2/h5-6,8-9,14-19,21,27H,4,7,10-13,31H2,1-3H3/t17-,18?,19+,21-,27?/m0/s1. The van der Waals surface area contributed by atoms with Crippen molar-refractivity contribution in [1.29, 1.82) is 0 Å². The van der Waals surface area contributed by atoms with E-state index in [1.165, 1.54) is 12.5 Å². The van der Waals surface area contributed by atoms with Crippen molar-refractivity contribution >= 4 is 22.4 Å². The zero-order valence-corrected chi connectivity index (χ0v) is 20.9. The number of benzene rings is 1. The fraction of sp³-hybridized carbons (Fsp3) is 0.483. The van der Waals surface area contributed by atoms with Crippen LogP contribution < -0.4 is 10.6 Å². The highest BCUT2D eigenvalue weighted by Crippen LogP contribution is 2.38. The zero-order chi connectivity index (χ0) is 24.7. The second kappa shape index (κ2) is 9.65. The van der Waals surface area contributed by atoms with Gasteiger partial charge in [0.25, 0.3) is 0 Å². The van der Waals surface area contributed by atoms with Gasteiger partial charge in [-0.2, -0.15) is 0 Å². The Labute approximate surface area is 206 Å². The molecule has 3 aromatic rings. The summed E-state index contributed by atoms with van der Waals surface area (Å²) in [6, 6.07) is 7.45. The summed E-state index contributed by atoms with van der Waals surface area (Å²) in [4.78, 5) is 24.6. The molecule has 0 saturated heterocycles.